The summed E-state index contributed by atoms with van der Waals surface area (Å²) >= 11 is 3.45. The smallest absolute Gasteiger partial charge is 0.157 e. The summed E-state index contributed by atoms with van der Waals surface area (Å²) < 4.78 is 11.2. The van der Waals surface area contributed by atoms with Gasteiger partial charge in [0.05, 0.1) is 0 Å². The van der Waals surface area contributed by atoms with Crippen molar-refractivity contribution in [1.29, 1.82) is 0 Å². The molecule has 1 aliphatic heterocycles. The maximum atomic E-state index is 5.68. The Labute approximate surface area is 108 Å². The van der Waals surface area contributed by atoms with E-state index in [1.54, 1.807) is 0 Å². The Morgan fingerprint density at radius 2 is 1.75 bits per heavy atom. The second kappa shape index (κ2) is 10.5. The van der Waals surface area contributed by atoms with Gasteiger partial charge in [-0.15, -0.1) is 0 Å². The lowest BCUT2D eigenvalue weighted by atomic mass is 10.1. The summed E-state index contributed by atoms with van der Waals surface area (Å²) in [6.45, 7) is 1.76. The highest BCUT2D eigenvalue weighted by atomic mass is 79.9. The second-order valence-corrected chi connectivity index (χ2v) is 5.27. The first kappa shape index (κ1) is 14.5. The minimum Gasteiger partial charge on any atom is -0.353 e. The monoisotopic (exact) mass is 292 g/mol. The van der Waals surface area contributed by atoms with Crippen molar-refractivity contribution >= 4 is 15.9 Å². The molecule has 0 saturated carbocycles. The molecule has 2 nitrogen and oxygen atoms in total. The number of ether oxygens (including phenoxy) is 2. The minimum absolute atomic E-state index is 0.0992. The Morgan fingerprint density at radius 1 is 1.00 bits per heavy atom. The van der Waals surface area contributed by atoms with Crippen molar-refractivity contribution in [3.63, 3.8) is 0 Å². The summed E-state index contributed by atoms with van der Waals surface area (Å²) in [6, 6.07) is 0. The maximum Gasteiger partial charge on any atom is 0.157 e. The van der Waals surface area contributed by atoms with Crippen LogP contribution in [0.1, 0.15) is 57.8 Å². The van der Waals surface area contributed by atoms with Crippen molar-refractivity contribution < 1.29 is 9.47 Å². The van der Waals surface area contributed by atoms with Gasteiger partial charge in [-0.05, 0) is 32.1 Å². The molecular weight excluding hydrogens is 268 g/mol. The number of halogens is 1. The fourth-order valence-corrected chi connectivity index (χ4v) is 2.36. The van der Waals surface area contributed by atoms with Gasteiger partial charge in [0, 0.05) is 18.5 Å². The van der Waals surface area contributed by atoms with Crippen molar-refractivity contribution in [2.45, 2.75) is 64.1 Å². The van der Waals surface area contributed by atoms with E-state index in [1.807, 2.05) is 0 Å². The summed E-state index contributed by atoms with van der Waals surface area (Å²) in [7, 11) is 0. The molecule has 1 aliphatic rings. The van der Waals surface area contributed by atoms with Crippen LogP contribution in [-0.2, 0) is 9.47 Å². The normalized spacial score (nSPS) is 21.2. The number of alkyl halides is 1. The van der Waals surface area contributed by atoms with Crippen LogP contribution in [0.5, 0.6) is 0 Å². The Kier molecular flexibility index (Phi) is 9.53. The Bertz CT molecular complexity index is 147. The molecule has 1 saturated heterocycles. The van der Waals surface area contributed by atoms with Gasteiger partial charge < -0.3 is 9.47 Å². The van der Waals surface area contributed by atoms with E-state index in [1.165, 1.54) is 51.4 Å². The molecule has 0 aromatic carbocycles. The van der Waals surface area contributed by atoms with E-state index in [0.29, 0.717) is 0 Å². The van der Waals surface area contributed by atoms with E-state index in [-0.39, 0.29) is 6.29 Å². The van der Waals surface area contributed by atoms with Gasteiger partial charge in [0.2, 0.25) is 0 Å². The number of unbranched alkanes of at least 4 members (excludes halogenated alkanes) is 5. The zero-order valence-electron chi connectivity index (χ0n) is 10.3. The van der Waals surface area contributed by atoms with E-state index in [0.717, 1.165) is 25.0 Å². The van der Waals surface area contributed by atoms with Crippen LogP contribution < -0.4 is 0 Å². The molecular formula is C13H25BrO2. The Morgan fingerprint density at radius 3 is 2.44 bits per heavy atom. The van der Waals surface area contributed by atoms with E-state index in [2.05, 4.69) is 15.9 Å². The molecule has 16 heavy (non-hydrogen) atoms. The largest absolute Gasteiger partial charge is 0.353 e. The predicted octanol–water partition coefficient (Wildman–Crippen LogP) is 4.27. The fraction of sp³-hybridized carbons (Fsp3) is 1.00. The highest BCUT2D eigenvalue weighted by Gasteiger charge is 2.12. The summed E-state index contributed by atoms with van der Waals surface area (Å²) in [5, 5.41) is 1.15. The van der Waals surface area contributed by atoms with Crippen LogP contribution in [0.3, 0.4) is 0 Å². The first-order valence-corrected chi connectivity index (χ1v) is 7.85. The highest BCUT2D eigenvalue weighted by molar-refractivity contribution is 9.09. The van der Waals surface area contributed by atoms with Gasteiger partial charge in [0.25, 0.3) is 0 Å². The van der Waals surface area contributed by atoms with Crippen molar-refractivity contribution in [2.24, 2.45) is 0 Å². The van der Waals surface area contributed by atoms with Crippen LogP contribution in [-0.4, -0.2) is 24.8 Å². The average molecular weight is 293 g/mol. The highest BCUT2D eigenvalue weighted by Crippen LogP contribution is 2.14. The predicted molar refractivity (Wildman–Crippen MR) is 71.0 cm³/mol. The lowest BCUT2D eigenvalue weighted by molar-refractivity contribution is -0.162. The average Bonchev–Trinajstić information content (AvgIpc) is 2.34. The van der Waals surface area contributed by atoms with Crippen LogP contribution in [0, 0.1) is 0 Å². The Hall–Kier alpha value is 0.400. The molecule has 0 N–H and O–H groups in total. The molecule has 1 heterocycles. The molecule has 1 atom stereocenters. The summed E-state index contributed by atoms with van der Waals surface area (Å²) in [5.74, 6) is 0. The van der Waals surface area contributed by atoms with Gasteiger partial charge in [0.1, 0.15) is 0 Å². The van der Waals surface area contributed by atoms with Crippen LogP contribution in [0.25, 0.3) is 0 Å². The van der Waals surface area contributed by atoms with Gasteiger partial charge in [-0.25, -0.2) is 0 Å². The summed E-state index contributed by atoms with van der Waals surface area (Å²) in [4.78, 5) is 0. The molecule has 3 heteroatoms. The Balaban J connectivity index is 1.77. The maximum absolute atomic E-state index is 5.68. The third kappa shape index (κ3) is 7.64. The van der Waals surface area contributed by atoms with E-state index >= 15 is 0 Å². The lowest BCUT2D eigenvalue weighted by Crippen LogP contribution is -2.22. The summed E-state index contributed by atoms with van der Waals surface area (Å²) in [6.07, 6.45) is 11.5. The number of hydrogen-bond acceptors (Lipinski definition) is 2. The van der Waals surface area contributed by atoms with Crippen molar-refractivity contribution in [1.82, 2.24) is 0 Å². The van der Waals surface area contributed by atoms with Crippen LogP contribution in [0.4, 0.5) is 0 Å². The standard InChI is InChI=1S/C13H25BrO2/c14-10-6-3-1-2-4-7-11-15-13-9-5-8-12-16-13/h13H,1-12H2. The molecule has 0 aromatic heterocycles. The van der Waals surface area contributed by atoms with E-state index in [9.17, 15) is 0 Å². The number of rotatable bonds is 9. The molecule has 1 rings (SSSR count). The first-order valence-electron chi connectivity index (χ1n) is 6.72. The molecule has 1 fully saturated rings. The third-order valence-corrected chi connectivity index (χ3v) is 3.53. The summed E-state index contributed by atoms with van der Waals surface area (Å²) in [5.41, 5.74) is 0. The lowest BCUT2D eigenvalue weighted by Gasteiger charge is -2.22. The van der Waals surface area contributed by atoms with Crippen LogP contribution in [0.2, 0.25) is 0 Å². The minimum atomic E-state index is 0.0992. The van der Waals surface area contributed by atoms with Gasteiger partial charge in [-0.2, -0.15) is 0 Å². The number of hydrogen-bond donors (Lipinski definition) is 0. The topological polar surface area (TPSA) is 18.5 Å². The zero-order valence-corrected chi connectivity index (χ0v) is 11.8. The molecule has 0 spiro atoms. The van der Waals surface area contributed by atoms with E-state index < -0.39 is 0 Å². The molecule has 0 radical (unpaired) electrons. The zero-order chi connectivity index (χ0) is 11.5. The molecule has 0 aliphatic carbocycles. The first-order chi connectivity index (χ1) is 7.93. The van der Waals surface area contributed by atoms with Crippen LogP contribution in [0.15, 0.2) is 0 Å². The molecule has 0 aromatic rings. The third-order valence-electron chi connectivity index (χ3n) is 2.97. The molecule has 1 unspecified atom stereocenters. The van der Waals surface area contributed by atoms with Crippen LogP contribution >= 0.6 is 15.9 Å². The fourth-order valence-electron chi connectivity index (χ4n) is 1.96. The molecule has 0 bridgehead atoms. The van der Waals surface area contributed by atoms with E-state index in [4.69, 9.17) is 9.47 Å². The second-order valence-electron chi connectivity index (χ2n) is 4.48. The van der Waals surface area contributed by atoms with Crippen molar-refractivity contribution in [3.05, 3.63) is 0 Å². The SMILES string of the molecule is BrCCCCCCCCOC1CCCCO1. The van der Waals surface area contributed by atoms with Gasteiger partial charge >= 0.3 is 0 Å². The van der Waals surface area contributed by atoms with Crippen molar-refractivity contribution in [3.8, 4) is 0 Å². The molecule has 0 amide bonds. The van der Waals surface area contributed by atoms with Crippen molar-refractivity contribution in [2.75, 3.05) is 18.5 Å². The molecule has 96 valence electrons. The van der Waals surface area contributed by atoms with Gasteiger partial charge in [-0.1, -0.05) is 41.6 Å². The van der Waals surface area contributed by atoms with Gasteiger partial charge in [-0.3, -0.25) is 0 Å². The quantitative estimate of drug-likeness (QED) is 0.467. The van der Waals surface area contributed by atoms with Gasteiger partial charge in [0.15, 0.2) is 6.29 Å².